The van der Waals surface area contributed by atoms with Crippen LogP contribution in [0.25, 0.3) is 43.9 Å². The Morgan fingerprint density at radius 1 is 1.14 bits per heavy atom. The molecule has 5 heterocycles. The Labute approximate surface area is 246 Å². The summed E-state index contributed by atoms with van der Waals surface area (Å²) in [6.45, 7) is 0.566. The molecule has 3 N–H and O–H groups in total. The van der Waals surface area contributed by atoms with Gasteiger partial charge in [0.2, 0.25) is 0 Å². The van der Waals surface area contributed by atoms with E-state index in [1.165, 1.54) is 6.33 Å². The Hall–Kier alpha value is -4.73. The van der Waals surface area contributed by atoms with Gasteiger partial charge in [-0.15, -0.1) is 11.3 Å². The van der Waals surface area contributed by atoms with Crippen molar-refractivity contribution in [1.29, 1.82) is 0 Å². The fourth-order valence-electron chi connectivity index (χ4n) is 5.98. The van der Waals surface area contributed by atoms with E-state index in [0.29, 0.717) is 12.0 Å². The first kappa shape index (κ1) is 26.2. The molecule has 8 nitrogen and oxygen atoms in total. The monoisotopic (exact) mass is 575 g/mol. The van der Waals surface area contributed by atoms with E-state index in [0.717, 1.165) is 73.7 Å². The summed E-state index contributed by atoms with van der Waals surface area (Å²) in [4.78, 5) is 26.7. The molecule has 0 fully saturated rings. The smallest absolute Gasteiger partial charge is 0.253 e. The quantitative estimate of drug-likeness (QED) is 0.215. The number of aromatic amines is 1. The number of fused-ring (bicyclic) bond motifs is 4. The standard InChI is InChI=1S/C33H29N5O3S/c1-41-30-12-20-8-9-38-29(25(20)13-26(30)22-15-34-19-35-16-22)14-27(32(38)31-7-4-10-42-31)33(40)37-23(18-39)11-21-17-36-28-6-3-2-5-24(21)28/h2-7,10,12-17,19,23,36,39H,8-9,11,18H2,1H3,(H,37,40). The zero-order chi connectivity index (χ0) is 28.6. The second-order valence-corrected chi connectivity index (χ2v) is 11.4. The van der Waals surface area contributed by atoms with Crippen LogP contribution in [-0.4, -0.2) is 50.3 Å². The number of thiophene rings is 1. The lowest BCUT2D eigenvalue weighted by Gasteiger charge is -2.23. The molecule has 9 heteroatoms. The van der Waals surface area contributed by atoms with Crippen molar-refractivity contribution in [2.24, 2.45) is 0 Å². The molecule has 1 amide bonds. The van der Waals surface area contributed by atoms with Crippen molar-refractivity contribution in [2.45, 2.75) is 25.4 Å². The molecule has 0 spiro atoms. The summed E-state index contributed by atoms with van der Waals surface area (Å²) >= 11 is 1.61. The maximum absolute atomic E-state index is 14.0. The van der Waals surface area contributed by atoms with E-state index in [2.05, 4.69) is 49.1 Å². The van der Waals surface area contributed by atoms with E-state index in [1.807, 2.05) is 41.9 Å². The molecular weight excluding hydrogens is 546 g/mol. The topological polar surface area (TPSA) is 105 Å². The molecule has 2 aromatic carbocycles. The molecule has 1 unspecified atom stereocenters. The highest BCUT2D eigenvalue weighted by Gasteiger charge is 2.29. The number of nitrogens with one attached hydrogen (secondary N) is 2. The molecule has 0 saturated heterocycles. The average Bonchev–Trinajstić information content (AvgIpc) is 3.79. The van der Waals surface area contributed by atoms with Crippen molar-refractivity contribution >= 4 is 28.1 Å². The number of carbonyl (C=O) groups excluding carboxylic acids is 1. The third-order valence-electron chi connectivity index (χ3n) is 7.97. The van der Waals surface area contributed by atoms with Crippen LogP contribution < -0.4 is 10.1 Å². The maximum atomic E-state index is 14.0. The van der Waals surface area contributed by atoms with Gasteiger partial charge in [0.15, 0.2) is 0 Å². The highest BCUT2D eigenvalue weighted by Crippen LogP contribution is 2.43. The summed E-state index contributed by atoms with van der Waals surface area (Å²) < 4.78 is 8.00. The third kappa shape index (κ3) is 4.56. The van der Waals surface area contributed by atoms with E-state index in [9.17, 15) is 9.90 Å². The molecule has 1 aliphatic heterocycles. The maximum Gasteiger partial charge on any atom is 0.253 e. The number of H-pyrrole nitrogens is 1. The van der Waals surface area contributed by atoms with Gasteiger partial charge < -0.3 is 24.7 Å². The Bertz CT molecular complexity index is 1890. The van der Waals surface area contributed by atoms with Gasteiger partial charge in [0.1, 0.15) is 12.1 Å². The average molecular weight is 576 g/mol. The zero-order valence-corrected chi connectivity index (χ0v) is 23.8. The number of hydrogen-bond donors (Lipinski definition) is 3. The normalized spacial score (nSPS) is 13.0. The molecule has 1 atom stereocenters. The molecule has 210 valence electrons. The minimum absolute atomic E-state index is 0.168. The van der Waals surface area contributed by atoms with Crippen LogP contribution in [0.3, 0.4) is 0 Å². The lowest BCUT2D eigenvalue weighted by atomic mass is 9.93. The highest BCUT2D eigenvalue weighted by molar-refractivity contribution is 7.13. The van der Waals surface area contributed by atoms with Gasteiger partial charge in [-0.2, -0.15) is 0 Å². The summed E-state index contributed by atoms with van der Waals surface area (Å²) in [7, 11) is 1.67. The van der Waals surface area contributed by atoms with E-state index >= 15 is 0 Å². The number of aryl methyl sites for hydroxylation is 1. The van der Waals surface area contributed by atoms with Gasteiger partial charge in [-0.3, -0.25) is 4.79 Å². The molecule has 42 heavy (non-hydrogen) atoms. The second kappa shape index (κ2) is 10.9. The van der Waals surface area contributed by atoms with Crippen LogP contribution in [0.2, 0.25) is 0 Å². The number of methoxy groups -OCH3 is 1. The van der Waals surface area contributed by atoms with Crippen LogP contribution in [0.4, 0.5) is 0 Å². The van der Waals surface area contributed by atoms with Gasteiger partial charge >= 0.3 is 0 Å². The predicted molar refractivity (Wildman–Crippen MR) is 165 cm³/mol. The van der Waals surface area contributed by atoms with E-state index in [-0.39, 0.29) is 12.5 Å². The van der Waals surface area contributed by atoms with Gasteiger partial charge in [0.05, 0.1) is 35.9 Å². The number of amides is 1. The first-order valence-electron chi connectivity index (χ1n) is 13.9. The number of aliphatic hydroxyl groups excluding tert-OH is 1. The molecule has 7 rings (SSSR count). The van der Waals surface area contributed by atoms with Gasteiger partial charge in [0.25, 0.3) is 5.91 Å². The molecule has 4 aromatic heterocycles. The molecule has 6 aromatic rings. The van der Waals surface area contributed by atoms with E-state index < -0.39 is 6.04 Å². The second-order valence-electron chi connectivity index (χ2n) is 10.4. The number of nitrogens with zero attached hydrogens (tertiary/aromatic N) is 3. The van der Waals surface area contributed by atoms with Gasteiger partial charge in [0, 0.05) is 58.4 Å². The third-order valence-corrected chi connectivity index (χ3v) is 8.85. The summed E-state index contributed by atoms with van der Waals surface area (Å²) in [6, 6.07) is 17.9. The van der Waals surface area contributed by atoms with Crippen molar-refractivity contribution in [1.82, 2.24) is 24.8 Å². The number of aromatic nitrogens is 4. The highest BCUT2D eigenvalue weighted by atomic mass is 32.1. The molecule has 0 saturated carbocycles. The van der Waals surface area contributed by atoms with Gasteiger partial charge in [-0.05, 0) is 59.7 Å². The number of hydrogen-bond acceptors (Lipinski definition) is 6. The number of rotatable bonds is 8. The lowest BCUT2D eigenvalue weighted by molar-refractivity contribution is 0.0917. The fourth-order valence-corrected chi connectivity index (χ4v) is 6.77. The SMILES string of the molecule is COc1cc2c(cc1-c1cncnc1)-c1cc(C(=O)NC(CO)Cc3c[nH]c4ccccc34)c(-c3cccs3)n1CC2. The van der Waals surface area contributed by atoms with E-state index in [4.69, 9.17) is 4.74 Å². The Kier molecular flexibility index (Phi) is 6.81. The van der Waals surface area contributed by atoms with Gasteiger partial charge in [-0.25, -0.2) is 9.97 Å². The largest absolute Gasteiger partial charge is 0.496 e. The minimum Gasteiger partial charge on any atom is -0.496 e. The predicted octanol–water partition coefficient (Wildman–Crippen LogP) is 5.72. The van der Waals surface area contributed by atoms with Crippen LogP contribution in [0.1, 0.15) is 21.5 Å². The van der Waals surface area contributed by atoms with Crippen LogP contribution in [0.5, 0.6) is 5.75 Å². The summed E-state index contributed by atoms with van der Waals surface area (Å²) in [5.74, 6) is 0.564. The van der Waals surface area contributed by atoms with Crippen molar-refractivity contribution in [3.05, 3.63) is 102 Å². The van der Waals surface area contributed by atoms with Crippen LogP contribution in [0.15, 0.2) is 84.9 Å². The first-order valence-corrected chi connectivity index (χ1v) is 14.7. The number of aliphatic hydroxyl groups is 1. The van der Waals surface area contributed by atoms with Crippen molar-refractivity contribution < 1.29 is 14.6 Å². The molecular formula is C33H29N5O3S. The Morgan fingerprint density at radius 2 is 2.00 bits per heavy atom. The number of benzene rings is 2. The van der Waals surface area contributed by atoms with Crippen LogP contribution in [0, 0.1) is 0 Å². The summed E-state index contributed by atoms with van der Waals surface area (Å²) in [6.07, 6.45) is 8.33. The van der Waals surface area contributed by atoms with E-state index in [1.54, 1.807) is 30.8 Å². The van der Waals surface area contributed by atoms with Crippen molar-refractivity contribution in [2.75, 3.05) is 13.7 Å². The van der Waals surface area contributed by atoms with Crippen molar-refractivity contribution in [3.63, 3.8) is 0 Å². The van der Waals surface area contributed by atoms with Gasteiger partial charge in [-0.1, -0.05) is 24.3 Å². The minimum atomic E-state index is -0.439. The number of ether oxygens (including phenoxy) is 1. The summed E-state index contributed by atoms with van der Waals surface area (Å²) in [5.41, 5.74) is 8.53. The molecule has 1 aliphatic rings. The fraction of sp³-hybridized carbons (Fsp3) is 0.182. The van der Waals surface area contributed by atoms with Crippen LogP contribution in [-0.2, 0) is 19.4 Å². The number of carbonyl (C=O) groups is 1. The Balaban J connectivity index is 1.28. The molecule has 0 radical (unpaired) electrons. The zero-order valence-electron chi connectivity index (χ0n) is 23.0. The Morgan fingerprint density at radius 3 is 2.79 bits per heavy atom. The first-order chi connectivity index (χ1) is 20.6. The van der Waals surface area contributed by atoms with Crippen LogP contribution >= 0.6 is 11.3 Å². The van der Waals surface area contributed by atoms with Crippen molar-refractivity contribution in [3.8, 4) is 38.7 Å². The number of para-hydroxylation sites is 1. The molecule has 0 bridgehead atoms. The molecule has 0 aliphatic carbocycles. The lowest BCUT2D eigenvalue weighted by Crippen LogP contribution is -2.39. The summed E-state index contributed by atoms with van der Waals surface area (Å²) in [5, 5.41) is 16.5.